The standard InChI is InChI=1S/C12H10FNO3/c1-6-3-10-7(4-9(6)13)11(15)8(12(16)17)5-14(10)2/h3-5H,1-2H3,(H,16,17). The van der Waals surface area contributed by atoms with Crippen molar-refractivity contribution in [2.24, 2.45) is 7.05 Å². The third-order valence-electron chi connectivity index (χ3n) is 2.70. The number of aryl methyl sites for hydroxylation is 2. The number of carboxylic acid groups (broad SMARTS) is 1. The quantitative estimate of drug-likeness (QED) is 0.818. The van der Waals surface area contributed by atoms with Gasteiger partial charge < -0.3 is 9.67 Å². The van der Waals surface area contributed by atoms with Crippen LogP contribution in [0.25, 0.3) is 10.9 Å². The maximum Gasteiger partial charge on any atom is 0.341 e. The molecule has 1 N–H and O–H groups in total. The van der Waals surface area contributed by atoms with Gasteiger partial charge in [-0.15, -0.1) is 0 Å². The van der Waals surface area contributed by atoms with E-state index in [1.165, 1.54) is 16.8 Å². The van der Waals surface area contributed by atoms with Gasteiger partial charge in [-0.25, -0.2) is 9.18 Å². The first-order valence-electron chi connectivity index (χ1n) is 4.94. The Hall–Kier alpha value is -2.17. The molecule has 0 unspecified atom stereocenters. The molecule has 0 radical (unpaired) electrons. The van der Waals surface area contributed by atoms with Crippen LogP contribution in [0.5, 0.6) is 0 Å². The molecule has 0 amide bonds. The van der Waals surface area contributed by atoms with Crippen molar-refractivity contribution in [2.45, 2.75) is 6.92 Å². The molecule has 0 aliphatic carbocycles. The minimum atomic E-state index is -1.31. The highest BCUT2D eigenvalue weighted by molar-refractivity contribution is 5.92. The molecule has 0 aliphatic rings. The Balaban J connectivity index is 2.99. The predicted octanol–water partition coefficient (Wildman–Crippen LogP) is 1.68. The lowest BCUT2D eigenvalue weighted by atomic mass is 10.1. The molecule has 0 atom stereocenters. The van der Waals surface area contributed by atoms with E-state index < -0.39 is 17.2 Å². The Morgan fingerprint density at radius 2 is 2.06 bits per heavy atom. The fourth-order valence-electron chi connectivity index (χ4n) is 1.76. The molecule has 1 aromatic carbocycles. The average Bonchev–Trinajstić information content (AvgIpc) is 2.25. The van der Waals surface area contributed by atoms with Crippen LogP contribution in [-0.4, -0.2) is 15.6 Å². The first kappa shape index (κ1) is 11.3. The second-order valence-electron chi connectivity index (χ2n) is 3.91. The van der Waals surface area contributed by atoms with Gasteiger partial charge in [-0.2, -0.15) is 0 Å². The second kappa shape index (κ2) is 3.69. The summed E-state index contributed by atoms with van der Waals surface area (Å²) in [7, 11) is 1.62. The highest BCUT2D eigenvalue weighted by Crippen LogP contribution is 2.16. The second-order valence-corrected chi connectivity index (χ2v) is 3.91. The van der Waals surface area contributed by atoms with Crippen molar-refractivity contribution in [1.29, 1.82) is 0 Å². The van der Waals surface area contributed by atoms with E-state index in [-0.39, 0.29) is 10.9 Å². The molecule has 0 aliphatic heterocycles. The van der Waals surface area contributed by atoms with Gasteiger partial charge in [-0.3, -0.25) is 4.79 Å². The number of rotatable bonds is 1. The van der Waals surface area contributed by atoms with Crippen molar-refractivity contribution in [3.05, 3.63) is 45.5 Å². The molecule has 0 fully saturated rings. The molecule has 4 nitrogen and oxygen atoms in total. The minimum absolute atomic E-state index is 0.0792. The van der Waals surface area contributed by atoms with Crippen molar-refractivity contribution in [2.75, 3.05) is 0 Å². The fraction of sp³-hybridized carbons (Fsp3) is 0.167. The van der Waals surface area contributed by atoms with Gasteiger partial charge in [0.1, 0.15) is 11.4 Å². The summed E-state index contributed by atoms with van der Waals surface area (Å²) in [6.07, 6.45) is 1.24. The number of hydrogen-bond acceptors (Lipinski definition) is 2. The molecular formula is C12H10FNO3. The van der Waals surface area contributed by atoms with Crippen LogP contribution in [0.4, 0.5) is 4.39 Å². The Morgan fingerprint density at radius 1 is 1.41 bits per heavy atom. The predicted molar refractivity (Wildman–Crippen MR) is 60.8 cm³/mol. The molecule has 2 aromatic rings. The maximum atomic E-state index is 13.4. The fourth-order valence-corrected chi connectivity index (χ4v) is 1.76. The third-order valence-corrected chi connectivity index (χ3v) is 2.70. The lowest BCUT2D eigenvalue weighted by molar-refractivity contribution is 0.0695. The zero-order valence-electron chi connectivity index (χ0n) is 9.32. The van der Waals surface area contributed by atoms with E-state index in [0.29, 0.717) is 11.1 Å². The van der Waals surface area contributed by atoms with Gasteiger partial charge in [0.25, 0.3) is 0 Å². The van der Waals surface area contributed by atoms with Gasteiger partial charge >= 0.3 is 5.97 Å². The normalized spacial score (nSPS) is 10.8. The van der Waals surface area contributed by atoms with E-state index in [1.54, 1.807) is 14.0 Å². The van der Waals surface area contributed by atoms with Crippen LogP contribution in [0.3, 0.4) is 0 Å². The molecule has 0 bridgehead atoms. The molecule has 88 valence electrons. The van der Waals surface area contributed by atoms with E-state index >= 15 is 0 Å². The lowest BCUT2D eigenvalue weighted by Gasteiger charge is -2.08. The highest BCUT2D eigenvalue weighted by atomic mass is 19.1. The van der Waals surface area contributed by atoms with Crippen molar-refractivity contribution in [3.8, 4) is 0 Å². The average molecular weight is 235 g/mol. The zero-order valence-corrected chi connectivity index (χ0v) is 9.32. The summed E-state index contributed by atoms with van der Waals surface area (Å²) in [5, 5.41) is 8.95. The van der Waals surface area contributed by atoms with Crippen LogP contribution >= 0.6 is 0 Å². The summed E-state index contributed by atoms with van der Waals surface area (Å²) >= 11 is 0. The van der Waals surface area contributed by atoms with Crippen LogP contribution < -0.4 is 5.43 Å². The molecule has 0 saturated carbocycles. The Labute approximate surface area is 95.9 Å². The van der Waals surface area contributed by atoms with E-state index in [0.717, 1.165) is 6.07 Å². The van der Waals surface area contributed by atoms with Crippen LogP contribution in [-0.2, 0) is 7.05 Å². The van der Waals surface area contributed by atoms with Crippen molar-refractivity contribution < 1.29 is 14.3 Å². The number of aromatic carboxylic acids is 1. The largest absolute Gasteiger partial charge is 0.477 e. The van der Waals surface area contributed by atoms with Gasteiger partial charge in [0.05, 0.1) is 5.52 Å². The SMILES string of the molecule is Cc1cc2c(cc1F)c(=O)c(C(=O)O)cn2C. The number of pyridine rings is 1. The third kappa shape index (κ3) is 1.69. The highest BCUT2D eigenvalue weighted by Gasteiger charge is 2.14. The van der Waals surface area contributed by atoms with E-state index in [2.05, 4.69) is 0 Å². The Morgan fingerprint density at radius 3 is 2.65 bits per heavy atom. The molecule has 5 heteroatoms. The van der Waals surface area contributed by atoms with E-state index in [1.807, 2.05) is 0 Å². The summed E-state index contributed by atoms with van der Waals surface area (Å²) in [4.78, 5) is 22.7. The molecule has 2 rings (SSSR count). The molecule has 0 saturated heterocycles. The Bertz CT molecular complexity index is 688. The minimum Gasteiger partial charge on any atom is -0.477 e. The molecule has 0 spiro atoms. The number of aromatic nitrogens is 1. The van der Waals surface area contributed by atoms with E-state index in [9.17, 15) is 14.0 Å². The molecule has 1 aromatic heterocycles. The number of carbonyl (C=O) groups is 1. The van der Waals surface area contributed by atoms with Gasteiger partial charge in [-0.1, -0.05) is 0 Å². The number of halogens is 1. The topological polar surface area (TPSA) is 59.3 Å². The summed E-state index contributed by atoms with van der Waals surface area (Å²) in [6, 6.07) is 2.61. The maximum absolute atomic E-state index is 13.4. The molecule has 17 heavy (non-hydrogen) atoms. The summed E-state index contributed by atoms with van der Waals surface area (Å²) in [6.45, 7) is 1.59. The number of hydrogen-bond donors (Lipinski definition) is 1. The lowest BCUT2D eigenvalue weighted by Crippen LogP contribution is -2.18. The van der Waals surface area contributed by atoms with E-state index in [4.69, 9.17) is 5.11 Å². The van der Waals surface area contributed by atoms with Gasteiger partial charge in [-0.05, 0) is 24.6 Å². The summed E-state index contributed by atoms with van der Waals surface area (Å²) in [5.41, 5.74) is -0.0952. The van der Waals surface area contributed by atoms with Crippen molar-refractivity contribution in [3.63, 3.8) is 0 Å². The first-order valence-corrected chi connectivity index (χ1v) is 4.94. The molecular weight excluding hydrogens is 225 g/mol. The van der Waals surface area contributed by atoms with Gasteiger partial charge in [0, 0.05) is 18.6 Å². The number of carboxylic acids is 1. The first-order chi connectivity index (χ1) is 7.91. The van der Waals surface area contributed by atoms with Gasteiger partial charge in [0.15, 0.2) is 0 Å². The Kier molecular flexibility index (Phi) is 2.46. The van der Waals surface area contributed by atoms with Crippen LogP contribution in [0.15, 0.2) is 23.1 Å². The van der Waals surface area contributed by atoms with Crippen molar-refractivity contribution >= 4 is 16.9 Å². The van der Waals surface area contributed by atoms with Crippen LogP contribution in [0, 0.1) is 12.7 Å². The number of nitrogens with zero attached hydrogens (tertiary/aromatic N) is 1. The van der Waals surface area contributed by atoms with Crippen LogP contribution in [0.2, 0.25) is 0 Å². The van der Waals surface area contributed by atoms with Crippen molar-refractivity contribution in [1.82, 2.24) is 4.57 Å². The molecule has 1 heterocycles. The zero-order chi connectivity index (χ0) is 12.7. The number of benzene rings is 1. The number of fused-ring (bicyclic) bond motifs is 1. The van der Waals surface area contributed by atoms with Crippen LogP contribution in [0.1, 0.15) is 15.9 Å². The van der Waals surface area contributed by atoms with Gasteiger partial charge in [0.2, 0.25) is 5.43 Å². The summed E-state index contributed by atoms with van der Waals surface area (Å²) < 4.78 is 14.9. The summed E-state index contributed by atoms with van der Waals surface area (Å²) in [5.74, 6) is -1.83. The monoisotopic (exact) mass is 235 g/mol. The smallest absolute Gasteiger partial charge is 0.341 e.